The average Bonchev–Trinajstić information content (AvgIpc) is 3.02. The summed E-state index contributed by atoms with van der Waals surface area (Å²) in [6, 6.07) is 12.1. The lowest BCUT2D eigenvalue weighted by atomic mass is 10.1. The van der Waals surface area contributed by atoms with Crippen LogP contribution in [0, 0.1) is 13.8 Å². The number of nitrogens with two attached hydrogens (primary N) is 1. The molecule has 1 heterocycles. The third kappa shape index (κ3) is 4.42. The Kier molecular flexibility index (Phi) is 5.11. The number of aryl methyl sites for hydroxylation is 2. The van der Waals surface area contributed by atoms with Crippen LogP contribution in [0.15, 0.2) is 59.8 Å². The third-order valence-corrected chi connectivity index (χ3v) is 5.06. The molecule has 3 rings (SSSR count). The molecular weight excluding hydrogens is 364 g/mol. The van der Waals surface area contributed by atoms with Crippen molar-refractivity contribution in [2.75, 3.05) is 5.32 Å². The van der Waals surface area contributed by atoms with E-state index in [4.69, 9.17) is 5.14 Å². The predicted molar refractivity (Wildman–Crippen MR) is 103 cm³/mol. The van der Waals surface area contributed by atoms with Crippen molar-refractivity contribution in [3.8, 4) is 5.69 Å². The summed E-state index contributed by atoms with van der Waals surface area (Å²) >= 11 is 0. The quantitative estimate of drug-likeness (QED) is 0.704. The first-order valence-corrected chi connectivity index (χ1v) is 9.81. The summed E-state index contributed by atoms with van der Waals surface area (Å²) in [7, 11) is -4.01. The molecule has 0 bridgehead atoms. The third-order valence-electron chi connectivity index (χ3n) is 4.12. The van der Waals surface area contributed by atoms with E-state index >= 15 is 0 Å². The van der Waals surface area contributed by atoms with Gasteiger partial charge in [-0.25, -0.2) is 18.2 Å². The van der Waals surface area contributed by atoms with Crippen molar-refractivity contribution in [1.82, 2.24) is 9.78 Å². The molecule has 2 aromatic carbocycles. The van der Waals surface area contributed by atoms with Crippen LogP contribution in [0.3, 0.4) is 0 Å². The van der Waals surface area contributed by atoms with Gasteiger partial charge in [-0.3, -0.25) is 4.79 Å². The van der Waals surface area contributed by atoms with E-state index in [0.29, 0.717) is 11.4 Å². The predicted octanol–water partition coefficient (Wildman–Crippen LogP) is 2.32. The molecule has 0 saturated heterocycles. The maximum absolute atomic E-state index is 12.3. The van der Waals surface area contributed by atoms with Crippen LogP contribution in [-0.4, -0.2) is 24.1 Å². The summed E-state index contributed by atoms with van der Waals surface area (Å²) in [4.78, 5) is 12.2. The lowest BCUT2D eigenvalue weighted by Gasteiger charge is -2.12. The van der Waals surface area contributed by atoms with E-state index in [-0.39, 0.29) is 17.2 Å². The number of sulfonamides is 1. The number of amides is 1. The molecular formula is C19H20N4O3S. The fourth-order valence-corrected chi connectivity index (χ4v) is 3.48. The Morgan fingerprint density at radius 3 is 2.56 bits per heavy atom. The number of carbonyl (C=O) groups is 1. The number of hydrogen-bond donors (Lipinski definition) is 2. The van der Waals surface area contributed by atoms with Gasteiger partial charge in [0.15, 0.2) is 0 Å². The summed E-state index contributed by atoms with van der Waals surface area (Å²) in [5.74, 6) is -0.243. The molecule has 0 aliphatic carbocycles. The summed E-state index contributed by atoms with van der Waals surface area (Å²) in [5.41, 5.74) is 3.48. The summed E-state index contributed by atoms with van der Waals surface area (Å²) < 4.78 is 25.5. The van der Waals surface area contributed by atoms with Crippen molar-refractivity contribution in [1.29, 1.82) is 0 Å². The second-order valence-electron chi connectivity index (χ2n) is 6.34. The van der Waals surface area contributed by atoms with Crippen molar-refractivity contribution in [3.05, 3.63) is 71.5 Å². The highest BCUT2D eigenvalue weighted by Crippen LogP contribution is 2.23. The van der Waals surface area contributed by atoms with E-state index in [1.54, 1.807) is 24.5 Å². The molecule has 0 radical (unpaired) electrons. The highest BCUT2D eigenvalue weighted by atomic mass is 32.2. The second-order valence-corrected chi connectivity index (χ2v) is 7.87. The number of anilines is 1. The van der Waals surface area contributed by atoms with Crippen molar-refractivity contribution >= 4 is 21.6 Å². The van der Waals surface area contributed by atoms with E-state index in [9.17, 15) is 13.2 Å². The van der Waals surface area contributed by atoms with Crippen LogP contribution in [0.5, 0.6) is 0 Å². The number of benzene rings is 2. The Balaban J connectivity index is 1.89. The van der Waals surface area contributed by atoms with Gasteiger partial charge in [-0.2, -0.15) is 5.10 Å². The minimum absolute atomic E-state index is 0.112. The number of hydrogen-bond acceptors (Lipinski definition) is 4. The number of rotatable bonds is 5. The fourth-order valence-electron chi connectivity index (χ4n) is 2.74. The number of nitrogens with zero attached hydrogens (tertiary/aromatic N) is 2. The largest absolute Gasteiger partial charge is 0.326 e. The standard InChI is InChI=1S/C19H20N4O3S/c1-13-11-21-23(12-13)17-8-7-16(10-18(17)27(20,25)26)22-19(24)9-15-6-4-3-5-14(15)2/h3-8,10-12H,9H2,1-2H3,(H,22,24)(H2,20,25,26). The van der Waals surface area contributed by atoms with E-state index in [1.165, 1.54) is 10.7 Å². The molecule has 0 atom stereocenters. The summed E-state index contributed by atoms with van der Waals surface area (Å²) in [5, 5.41) is 12.2. The van der Waals surface area contributed by atoms with E-state index < -0.39 is 10.0 Å². The molecule has 140 valence electrons. The van der Waals surface area contributed by atoms with E-state index in [1.807, 2.05) is 38.1 Å². The lowest BCUT2D eigenvalue weighted by molar-refractivity contribution is -0.115. The van der Waals surface area contributed by atoms with Crippen LogP contribution in [0.25, 0.3) is 5.69 Å². The molecule has 7 nitrogen and oxygen atoms in total. The van der Waals surface area contributed by atoms with Gasteiger partial charge in [0.25, 0.3) is 0 Å². The first kappa shape index (κ1) is 18.8. The van der Waals surface area contributed by atoms with Gasteiger partial charge in [-0.1, -0.05) is 24.3 Å². The molecule has 27 heavy (non-hydrogen) atoms. The van der Waals surface area contributed by atoms with Gasteiger partial charge >= 0.3 is 0 Å². The van der Waals surface area contributed by atoms with Gasteiger partial charge in [-0.15, -0.1) is 0 Å². The van der Waals surface area contributed by atoms with E-state index in [0.717, 1.165) is 16.7 Å². The highest BCUT2D eigenvalue weighted by Gasteiger charge is 2.18. The van der Waals surface area contributed by atoms with Crippen LogP contribution in [0.2, 0.25) is 0 Å². The second kappa shape index (κ2) is 7.34. The molecule has 0 fully saturated rings. The van der Waals surface area contributed by atoms with Crippen LogP contribution in [0.4, 0.5) is 5.69 Å². The van der Waals surface area contributed by atoms with Crippen molar-refractivity contribution in [2.24, 2.45) is 5.14 Å². The number of aromatic nitrogens is 2. The Hall–Kier alpha value is -2.97. The Morgan fingerprint density at radius 2 is 1.93 bits per heavy atom. The van der Waals surface area contributed by atoms with Gasteiger partial charge in [0.2, 0.25) is 15.9 Å². The normalized spacial score (nSPS) is 11.4. The number of primary sulfonamides is 1. The lowest BCUT2D eigenvalue weighted by Crippen LogP contribution is -2.18. The van der Waals surface area contributed by atoms with Crippen LogP contribution in [0.1, 0.15) is 16.7 Å². The van der Waals surface area contributed by atoms with Crippen LogP contribution >= 0.6 is 0 Å². The summed E-state index contributed by atoms with van der Waals surface area (Å²) in [6.45, 7) is 3.78. The fraction of sp³-hybridized carbons (Fsp3) is 0.158. The number of nitrogens with one attached hydrogen (secondary N) is 1. The zero-order valence-electron chi connectivity index (χ0n) is 15.0. The Morgan fingerprint density at radius 1 is 1.19 bits per heavy atom. The molecule has 1 amide bonds. The molecule has 8 heteroatoms. The highest BCUT2D eigenvalue weighted by molar-refractivity contribution is 7.89. The molecule has 0 aliphatic rings. The SMILES string of the molecule is Cc1cnn(-c2ccc(NC(=O)Cc3ccccc3C)cc2S(N)(=O)=O)c1. The zero-order valence-corrected chi connectivity index (χ0v) is 15.8. The van der Waals surface area contributed by atoms with Crippen LogP contribution in [-0.2, 0) is 21.2 Å². The molecule has 0 aliphatic heterocycles. The average molecular weight is 384 g/mol. The molecule has 0 spiro atoms. The maximum Gasteiger partial charge on any atom is 0.240 e. The van der Waals surface area contributed by atoms with Crippen molar-refractivity contribution in [2.45, 2.75) is 25.2 Å². The van der Waals surface area contributed by atoms with Gasteiger partial charge in [0.1, 0.15) is 4.90 Å². The van der Waals surface area contributed by atoms with E-state index in [2.05, 4.69) is 10.4 Å². The monoisotopic (exact) mass is 384 g/mol. The smallest absolute Gasteiger partial charge is 0.240 e. The minimum atomic E-state index is -4.01. The van der Waals surface area contributed by atoms with Gasteiger partial charge in [0, 0.05) is 11.9 Å². The molecule has 0 saturated carbocycles. The summed E-state index contributed by atoms with van der Waals surface area (Å²) in [6.07, 6.45) is 3.50. The molecule has 3 aromatic rings. The Labute approximate surface area is 157 Å². The molecule has 1 aromatic heterocycles. The molecule has 3 N–H and O–H groups in total. The topological polar surface area (TPSA) is 107 Å². The minimum Gasteiger partial charge on any atom is -0.326 e. The van der Waals surface area contributed by atoms with Gasteiger partial charge in [-0.05, 0) is 48.7 Å². The maximum atomic E-state index is 12.3. The first-order chi connectivity index (χ1) is 12.7. The van der Waals surface area contributed by atoms with Crippen molar-refractivity contribution < 1.29 is 13.2 Å². The van der Waals surface area contributed by atoms with Crippen molar-refractivity contribution in [3.63, 3.8) is 0 Å². The Bertz CT molecular complexity index is 1100. The number of carbonyl (C=O) groups excluding carboxylic acids is 1. The first-order valence-electron chi connectivity index (χ1n) is 8.27. The van der Waals surface area contributed by atoms with Gasteiger partial charge in [0.05, 0.1) is 18.3 Å². The molecule has 0 unspecified atom stereocenters. The van der Waals surface area contributed by atoms with Gasteiger partial charge < -0.3 is 5.32 Å². The van der Waals surface area contributed by atoms with Crippen LogP contribution < -0.4 is 10.5 Å². The zero-order chi connectivity index (χ0) is 19.6.